The van der Waals surface area contributed by atoms with Gasteiger partial charge in [0.1, 0.15) is 6.54 Å². The number of halogens is 1. The summed E-state index contributed by atoms with van der Waals surface area (Å²) in [4.78, 5) is 13.1. The summed E-state index contributed by atoms with van der Waals surface area (Å²) < 4.78 is 28.2. The van der Waals surface area contributed by atoms with Gasteiger partial charge in [0.05, 0.1) is 10.6 Å². The molecule has 2 fully saturated rings. The van der Waals surface area contributed by atoms with Gasteiger partial charge in [-0.2, -0.15) is 0 Å². The van der Waals surface area contributed by atoms with Crippen LogP contribution in [0.2, 0.25) is 5.02 Å². The van der Waals surface area contributed by atoms with Crippen molar-refractivity contribution in [3.63, 3.8) is 0 Å². The quantitative estimate of drug-likeness (QED) is 0.712. The molecule has 30 heavy (non-hydrogen) atoms. The largest absolute Gasteiger partial charge is 0.352 e. The molecular formula is C23H27ClN2O3S. The van der Waals surface area contributed by atoms with E-state index in [1.165, 1.54) is 17.1 Å². The second kappa shape index (κ2) is 8.23. The number of nitrogens with one attached hydrogen (secondary N) is 1. The van der Waals surface area contributed by atoms with Gasteiger partial charge in [0.2, 0.25) is 5.91 Å². The van der Waals surface area contributed by atoms with Gasteiger partial charge >= 0.3 is 0 Å². The molecule has 0 heterocycles. The lowest BCUT2D eigenvalue weighted by Crippen LogP contribution is -2.46. The summed E-state index contributed by atoms with van der Waals surface area (Å²) in [6.45, 7) is 3.40. The van der Waals surface area contributed by atoms with Gasteiger partial charge in [-0.15, -0.1) is 0 Å². The van der Waals surface area contributed by atoms with E-state index in [2.05, 4.69) is 5.32 Å². The summed E-state index contributed by atoms with van der Waals surface area (Å²) in [5, 5.41) is 3.56. The van der Waals surface area contributed by atoms with Gasteiger partial charge in [0.25, 0.3) is 10.0 Å². The fraction of sp³-hybridized carbons (Fsp3) is 0.435. The summed E-state index contributed by atoms with van der Waals surface area (Å²) in [6, 6.07) is 11.9. The average molecular weight is 447 g/mol. The SMILES string of the molecule is Cc1ccc(S(=O)(=O)N(CC(=O)N[C@H]2C[C@H]3CC[C@H]2C3)c2cccc(Cl)c2C)cc1. The maximum absolute atomic E-state index is 13.5. The van der Waals surface area contributed by atoms with Crippen LogP contribution >= 0.6 is 11.6 Å². The van der Waals surface area contributed by atoms with Crippen LogP contribution in [0.4, 0.5) is 5.69 Å². The molecule has 4 rings (SSSR count). The van der Waals surface area contributed by atoms with Crippen LogP contribution in [-0.4, -0.2) is 26.9 Å². The van der Waals surface area contributed by atoms with Crippen molar-refractivity contribution in [2.45, 2.75) is 50.5 Å². The molecule has 3 atom stereocenters. The Balaban J connectivity index is 1.64. The Kier molecular flexibility index (Phi) is 5.82. The second-order valence-electron chi connectivity index (χ2n) is 8.56. The molecule has 5 nitrogen and oxygen atoms in total. The second-order valence-corrected chi connectivity index (χ2v) is 10.8. The van der Waals surface area contributed by atoms with Crippen LogP contribution in [0.3, 0.4) is 0 Å². The van der Waals surface area contributed by atoms with Crippen molar-refractivity contribution in [2.75, 3.05) is 10.8 Å². The number of rotatable bonds is 6. The molecule has 1 N–H and O–H groups in total. The minimum absolute atomic E-state index is 0.153. The lowest BCUT2D eigenvalue weighted by molar-refractivity contribution is -0.120. The zero-order chi connectivity index (χ0) is 21.5. The minimum Gasteiger partial charge on any atom is -0.352 e. The Hall–Kier alpha value is -2.05. The van der Waals surface area contributed by atoms with E-state index in [-0.39, 0.29) is 23.4 Å². The number of fused-ring (bicyclic) bond motifs is 2. The van der Waals surface area contributed by atoms with Crippen LogP contribution in [0.1, 0.15) is 36.8 Å². The third-order valence-corrected chi connectivity index (χ3v) is 8.67. The van der Waals surface area contributed by atoms with Crippen molar-refractivity contribution in [2.24, 2.45) is 11.8 Å². The Labute approximate surface area is 183 Å². The van der Waals surface area contributed by atoms with Gasteiger partial charge in [-0.3, -0.25) is 9.10 Å². The molecule has 0 unspecified atom stereocenters. The van der Waals surface area contributed by atoms with Gasteiger partial charge in [-0.1, -0.05) is 41.8 Å². The van der Waals surface area contributed by atoms with Crippen molar-refractivity contribution < 1.29 is 13.2 Å². The first-order valence-corrected chi connectivity index (χ1v) is 12.2. The number of benzene rings is 2. The zero-order valence-corrected chi connectivity index (χ0v) is 18.8. The normalized spacial score (nSPS) is 22.8. The van der Waals surface area contributed by atoms with E-state index in [1.807, 2.05) is 6.92 Å². The lowest BCUT2D eigenvalue weighted by Gasteiger charge is -2.28. The van der Waals surface area contributed by atoms with Crippen LogP contribution < -0.4 is 9.62 Å². The highest BCUT2D eigenvalue weighted by atomic mass is 35.5. The number of amides is 1. The lowest BCUT2D eigenvalue weighted by atomic mass is 9.95. The number of anilines is 1. The smallest absolute Gasteiger partial charge is 0.264 e. The number of aryl methyl sites for hydroxylation is 1. The molecule has 2 aliphatic rings. The summed E-state index contributed by atoms with van der Waals surface area (Å²) in [6.07, 6.45) is 4.56. The number of nitrogens with zero attached hydrogens (tertiary/aromatic N) is 1. The molecule has 0 spiro atoms. The number of sulfonamides is 1. The van der Waals surface area contributed by atoms with Gasteiger partial charge in [-0.25, -0.2) is 8.42 Å². The predicted octanol–water partition coefficient (Wildman–Crippen LogP) is 4.46. The van der Waals surface area contributed by atoms with Crippen molar-refractivity contribution in [1.29, 1.82) is 0 Å². The number of carbonyl (C=O) groups is 1. The van der Waals surface area contributed by atoms with Gasteiger partial charge in [-0.05, 0) is 74.8 Å². The molecule has 0 aromatic heterocycles. The van der Waals surface area contributed by atoms with Gasteiger partial charge < -0.3 is 5.32 Å². The van der Waals surface area contributed by atoms with Crippen LogP contribution in [-0.2, 0) is 14.8 Å². The number of hydrogen-bond donors (Lipinski definition) is 1. The summed E-state index contributed by atoms with van der Waals surface area (Å²) >= 11 is 6.27. The molecule has 0 radical (unpaired) electrons. The van der Waals surface area contributed by atoms with Crippen molar-refractivity contribution in [3.05, 3.63) is 58.6 Å². The minimum atomic E-state index is -3.94. The third kappa shape index (κ3) is 4.08. The monoisotopic (exact) mass is 446 g/mol. The van der Waals surface area contributed by atoms with Crippen LogP contribution in [0, 0.1) is 25.7 Å². The first-order valence-electron chi connectivity index (χ1n) is 10.4. The molecule has 2 saturated carbocycles. The van der Waals surface area contributed by atoms with Crippen LogP contribution in [0.25, 0.3) is 0 Å². The Bertz CT molecular complexity index is 1050. The van der Waals surface area contributed by atoms with E-state index < -0.39 is 10.0 Å². The van der Waals surface area contributed by atoms with Crippen LogP contribution in [0.5, 0.6) is 0 Å². The highest BCUT2D eigenvalue weighted by Gasteiger charge is 2.40. The van der Waals surface area contributed by atoms with Crippen molar-refractivity contribution in [3.8, 4) is 0 Å². The van der Waals surface area contributed by atoms with E-state index >= 15 is 0 Å². The fourth-order valence-corrected chi connectivity index (χ4v) is 6.46. The molecule has 1 amide bonds. The molecule has 2 aromatic rings. The van der Waals surface area contributed by atoms with E-state index in [1.54, 1.807) is 49.4 Å². The molecule has 2 aliphatic carbocycles. The number of carbonyl (C=O) groups excluding carboxylic acids is 1. The Morgan fingerprint density at radius 2 is 1.83 bits per heavy atom. The average Bonchev–Trinajstić information content (AvgIpc) is 3.32. The fourth-order valence-electron chi connectivity index (χ4n) is 4.81. The van der Waals surface area contributed by atoms with Gasteiger partial charge in [0, 0.05) is 11.1 Å². The summed E-state index contributed by atoms with van der Waals surface area (Å²) in [5.74, 6) is 0.944. The van der Waals surface area contributed by atoms with Gasteiger partial charge in [0.15, 0.2) is 0 Å². The standard InChI is InChI=1S/C23H27ClN2O3S/c1-15-6-10-19(11-7-15)30(28,29)26(22-5-3-4-20(24)16(22)2)14-23(27)25-21-13-17-8-9-18(21)12-17/h3-7,10-11,17-18,21H,8-9,12-14H2,1-2H3,(H,25,27)/t17-,18-,21-/m0/s1. The van der Waals surface area contributed by atoms with Crippen molar-refractivity contribution >= 4 is 33.2 Å². The van der Waals surface area contributed by atoms with Crippen LogP contribution in [0.15, 0.2) is 47.4 Å². The maximum atomic E-state index is 13.5. The Morgan fingerprint density at radius 1 is 1.10 bits per heavy atom. The molecule has 160 valence electrons. The first kappa shape index (κ1) is 21.2. The molecule has 2 aromatic carbocycles. The topological polar surface area (TPSA) is 66.5 Å². The maximum Gasteiger partial charge on any atom is 0.264 e. The third-order valence-electron chi connectivity index (χ3n) is 6.49. The van der Waals surface area contributed by atoms with E-state index in [4.69, 9.17) is 11.6 Å². The highest BCUT2D eigenvalue weighted by molar-refractivity contribution is 7.92. The first-order chi connectivity index (χ1) is 14.3. The predicted molar refractivity (Wildman–Crippen MR) is 119 cm³/mol. The zero-order valence-electron chi connectivity index (χ0n) is 17.3. The van der Waals surface area contributed by atoms with E-state index in [0.29, 0.717) is 28.1 Å². The van der Waals surface area contributed by atoms with Crippen molar-refractivity contribution in [1.82, 2.24) is 5.32 Å². The molecular weight excluding hydrogens is 420 g/mol. The summed E-state index contributed by atoms with van der Waals surface area (Å²) in [5.41, 5.74) is 2.02. The highest BCUT2D eigenvalue weighted by Crippen LogP contribution is 2.44. The molecule has 2 bridgehead atoms. The molecule has 0 saturated heterocycles. The molecule has 0 aliphatic heterocycles. The van der Waals surface area contributed by atoms with E-state index in [0.717, 1.165) is 18.4 Å². The molecule has 7 heteroatoms. The van der Waals surface area contributed by atoms with E-state index in [9.17, 15) is 13.2 Å². The Morgan fingerprint density at radius 3 is 2.47 bits per heavy atom. The summed E-state index contributed by atoms with van der Waals surface area (Å²) in [7, 11) is -3.94. The number of hydrogen-bond acceptors (Lipinski definition) is 3.